The van der Waals surface area contributed by atoms with Gasteiger partial charge in [-0.15, -0.1) is 5.10 Å². The van der Waals surface area contributed by atoms with Gasteiger partial charge in [0.15, 0.2) is 11.0 Å². The molecule has 4 bridgehead atoms. The lowest BCUT2D eigenvalue weighted by Gasteiger charge is -2.56. The number of carbonyl (C=O) groups excluding carboxylic acids is 3. The average molecular weight is 407 g/mol. The summed E-state index contributed by atoms with van der Waals surface area (Å²) in [6.07, 6.45) is 6.31. The van der Waals surface area contributed by atoms with Crippen molar-refractivity contribution in [3.63, 3.8) is 0 Å². The highest BCUT2D eigenvalue weighted by atomic mass is 32.1. The first kappa shape index (κ1) is 19.3. The Bertz CT molecular complexity index is 757. The minimum atomic E-state index is -1.08. The van der Waals surface area contributed by atoms with Crippen molar-refractivity contribution in [2.75, 3.05) is 0 Å². The van der Waals surface area contributed by atoms with E-state index in [0.29, 0.717) is 34.7 Å². The summed E-state index contributed by atoms with van der Waals surface area (Å²) in [5.41, 5.74) is 0.366. The number of hydrogen-bond acceptors (Lipinski definition) is 7. The Hall–Kier alpha value is -2.03. The molecule has 1 atom stereocenters. The first-order valence-corrected chi connectivity index (χ1v) is 10.8. The number of ether oxygens (including phenoxy) is 1. The van der Waals surface area contributed by atoms with Gasteiger partial charge >= 0.3 is 12.0 Å². The Morgan fingerprint density at radius 1 is 1.18 bits per heavy atom. The van der Waals surface area contributed by atoms with Crippen LogP contribution in [0.15, 0.2) is 0 Å². The summed E-state index contributed by atoms with van der Waals surface area (Å²) in [4.78, 5) is 37.3. The lowest BCUT2D eigenvalue weighted by atomic mass is 9.53. The fourth-order valence-electron chi connectivity index (χ4n) is 5.61. The second-order valence-corrected chi connectivity index (χ2v) is 9.35. The normalized spacial score (nSPS) is 31.3. The van der Waals surface area contributed by atoms with Crippen molar-refractivity contribution in [3.05, 3.63) is 10.6 Å². The van der Waals surface area contributed by atoms with Crippen molar-refractivity contribution >= 4 is 29.4 Å². The van der Waals surface area contributed by atoms with Crippen molar-refractivity contribution in [3.8, 4) is 0 Å². The van der Waals surface area contributed by atoms with Gasteiger partial charge in [0.25, 0.3) is 5.91 Å². The van der Waals surface area contributed by atoms with E-state index in [0.717, 1.165) is 30.8 Å². The minimum absolute atomic E-state index is 0.177. The molecule has 1 aromatic heterocycles. The van der Waals surface area contributed by atoms with Gasteiger partial charge in [-0.2, -0.15) is 0 Å². The summed E-state index contributed by atoms with van der Waals surface area (Å²) in [5, 5.41) is 9.28. The number of imide groups is 1. The standard InChI is InChI=1S/C19H26N4O4S/c1-3-14-15(28-23-22-14)17(25)27-10(2)16(24)20-18(26)21-19-7-11-4-12(8-19)6-13(5-11)9-19/h10-13H,3-9H2,1-2H3,(H2,20,21,24,26)/t10-,11?,12?,13?,19?/m1/s1. The Balaban J connectivity index is 1.31. The molecule has 0 aromatic carbocycles. The van der Waals surface area contributed by atoms with Gasteiger partial charge in [0.1, 0.15) is 0 Å². The number of nitrogens with one attached hydrogen (secondary N) is 2. The smallest absolute Gasteiger partial charge is 0.352 e. The summed E-state index contributed by atoms with van der Waals surface area (Å²) < 4.78 is 8.94. The number of nitrogens with zero attached hydrogens (tertiary/aromatic N) is 2. The fraction of sp³-hybridized carbons (Fsp3) is 0.737. The lowest BCUT2D eigenvalue weighted by Crippen LogP contribution is -2.62. The number of esters is 1. The number of urea groups is 1. The van der Waals surface area contributed by atoms with Crippen LogP contribution in [0.5, 0.6) is 0 Å². The van der Waals surface area contributed by atoms with Crippen LogP contribution in [-0.2, 0) is 16.0 Å². The van der Waals surface area contributed by atoms with Crippen LogP contribution >= 0.6 is 11.5 Å². The van der Waals surface area contributed by atoms with E-state index in [1.54, 1.807) is 0 Å². The highest BCUT2D eigenvalue weighted by Gasteiger charge is 2.51. The van der Waals surface area contributed by atoms with Crippen molar-refractivity contribution in [2.24, 2.45) is 17.8 Å². The van der Waals surface area contributed by atoms with Crippen LogP contribution in [0.1, 0.15) is 67.7 Å². The van der Waals surface area contributed by atoms with Crippen LogP contribution in [0.2, 0.25) is 0 Å². The van der Waals surface area contributed by atoms with Crippen molar-refractivity contribution in [2.45, 2.75) is 70.4 Å². The zero-order chi connectivity index (χ0) is 19.9. The third-order valence-electron chi connectivity index (χ3n) is 6.38. The first-order chi connectivity index (χ1) is 13.4. The highest BCUT2D eigenvalue weighted by Crippen LogP contribution is 2.55. The molecule has 0 unspecified atom stereocenters. The molecule has 28 heavy (non-hydrogen) atoms. The largest absolute Gasteiger partial charge is 0.448 e. The van der Waals surface area contributed by atoms with Gasteiger partial charge < -0.3 is 10.1 Å². The Labute approximate surface area is 168 Å². The number of aryl methyl sites for hydroxylation is 1. The maximum absolute atomic E-state index is 12.5. The predicted molar refractivity (Wildman–Crippen MR) is 102 cm³/mol. The first-order valence-electron chi connectivity index (χ1n) is 10.0. The maximum Gasteiger partial charge on any atom is 0.352 e. The minimum Gasteiger partial charge on any atom is -0.448 e. The van der Waals surface area contributed by atoms with Crippen LogP contribution in [0.25, 0.3) is 0 Å². The molecule has 0 aliphatic heterocycles. The van der Waals surface area contributed by atoms with E-state index < -0.39 is 24.0 Å². The number of carbonyl (C=O) groups is 3. The Morgan fingerprint density at radius 3 is 2.36 bits per heavy atom. The lowest BCUT2D eigenvalue weighted by molar-refractivity contribution is -0.128. The number of hydrogen-bond donors (Lipinski definition) is 2. The molecule has 152 valence electrons. The molecular formula is C19H26N4O4S. The van der Waals surface area contributed by atoms with Gasteiger partial charge in [0.2, 0.25) is 0 Å². The molecule has 2 N–H and O–H groups in total. The SMILES string of the molecule is CCc1nnsc1C(=O)O[C@H](C)C(=O)NC(=O)NC12CC3CC(CC(C3)C1)C2. The second kappa shape index (κ2) is 7.42. The van der Waals surface area contributed by atoms with E-state index in [1.165, 1.54) is 26.2 Å². The van der Waals surface area contributed by atoms with Gasteiger partial charge in [-0.05, 0) is 81.2 Å². The topological polar surface area (TPSA) is 110 Å². The summed E-state index contributed by atoms with van der Waals surface area (Å²) in [5.74, 6) is 0.816. The molecule has 0 spiro atoms. The summed E-state index contributed by atoms with van der Waals surface area (Å²) in [6.45, 7) is 3.31. The molecule has 0 saturated heterocycles. The van der Waals surface area contributed by atoms with E-state index in [4.69, 9.17) is 4.74 Å². The van der Waals surface area contributed by atoms with Gasteiger partial charge in [0.05, 0.1) is 5.69 Å². The third-order valence-corrected chi connectivity index (χ3v) is 7.13. The van der Waals surface area contributed by atoms with Crippen molar-refractivity contribution in [1.29, 1.82) is 0 Å². The second-order valence-electron chi connectivity index (χ2n) is 8.59. The molecule has 4 fully saturated rings. The van der Waals surface area contributed by atoms with Crippen molar-refractivity contribution < 1.29 is 19.1 Å². The average Bonchev–Trinajstić information content (AvgIpc) is 3.08. The third kappa shape index (κ3) is 3.76. The zero-order valence-electron chi connectivity index (χ0n) is 16.2. The summed E-state index contributed by atoms with van der Waals surface area (Å²) >= 11 is 0.940. The van der Waals surface area contributed by atoms with E-state index in [9.17, 15) is 14.4 Å². The monoisotopic (exact) mass is 406 g/mol. The van der Waals surface area contributed by atoms with E-state index in [2.05, 4.69) is 20.2 Å². The predicted octanol–water partition coefficient (Wildman–Crippen LogP) is 2.44. The van der Waals surface area contributed by atoms with Crippen LogP contribution in [0, 0.1) is 17.8 Å². The summed E-state index contributed by atoms with van der Waals surface area (Å²) in [6, 6.07) is -0.497. The van der Waals surface area contributed by atoms with E-state index in [-0.39, 0.29) is 5.54 Å². The Morgan fingerprint density at radius 2 is 1.79 bits per heavy atom. The molecular weight excluding hydrogens is 380 g/mol. The van der Waals surface area contributed by atoms with Crippen LogP contribution < -0.4 is 10.6 Å². The van der Waals surface area contributed by atoms with E-state index in [1.807, 2.05) is 6.92 Å². The number of rotatable bonds is 5. The molecule has 8 nitrogen and oxygen atoms in total. The molecule has 0 radical (unpaired) electrons. The molecule has 4 aliphatic carbocycles. The van der Waals surface area contributed by atoms with Gasteiger partial charge in [-0.3, -0.25) is 10.1 Å². The maximum atomic E-state index is 12.5. The molecule has 4 aliphatic rings. The fourth-order valence-corrected chi connectivity index (χ4v) is 6.25. The number of amides is 3. The van der Waals surface area contributed by atoms with Gasteiger partial charge in [-0.25, -0.2) is 9.59 Å². The summed E-state index contributed by atoms with van der Waals surface area (Å²) in [7, 11) is 0. The van der Waals surface area contributed by atoms with E-state index >= 15 is 0 Å². The van der Waals surface area contributed by atoms with Crippen LogP contribution in [0.4, 0.5) is 4.79 Å². The molecule has 1 aromatic rings. The quantitative estimate of drug-likeness (QED) is 0.727. The molecule has 5 rings (SSSR count). The highest BCUT2D eigenvalue weighted by molar-refractivity contribution is 7.07. The molecule has 4 saturated carbocycles. The van der Waals surface area contributed by atoms with Crippen molar-refractivity contribution in [1.82, 2.24) is 20.2 Å². The molecule has 3 amide bonds. The van der Waals surface area contributed by atoms with Crippen LogP contribution in [-0.4, -0.2) is 39.1 Å². The molecule has 9 heteroatoms. The van der Waals surface area contributed by atoms with Gasteiger partial charge in [-0.1, -0.05) is 11.4 Å². The van der Waals surface area contributed by atoms with Crippen LogP contribution in [0.3, 0.4) is 0 Å². The Kier molecular flexibility index (Phi) is 5.11. The zero-order valence-corrected chi connectivity index (χ0v) is 17.0. The number of aromatic nitrogens is 2. The molecule has 1 heterocycles. The van der Waals surface area contributed by atoms with Gasteiger partial charge in [0, 0.05) is 5.54 Å².